The molecule has 0 radical (unpaired) electrons. The van der Waals surface area contributed by atoms with Gasteiger partial charge in [0.15, 0.2) is 22.9 Å². The highest BCUT2D eigenvalue weighted by Gasteiger charge is 2.17. The number of nitrogens with one attached hydrogen (secondary N) is 1. The van der Waals surface area contributed by atoms with E-state index in [4.69, 9.17) is 14.7 Å². The molecule has 1 aromatic rings. The third-order valence-electron chi connectivity index (χ3n) is 2.95. The summed E-state index contributed by atoms with van der Waals surface area (Å²) in [5.41, 5.74) is 0.420. The summed E-state index contributed by atoms with van der Waals surface area (Å²) in [5.74, 6) is -0.296. The van der Waals surface area contributed by atoms with Gasteiger partial charge < -0.3 is 9.47 Å². The molecule has 0 amide bonds. The van der Waals surface area contributed by atoms with Gasteiger partial charge in [-0.3, -0.25) is 5.32 Å². The topological polar surface area (TPSA) is 66.6 Å². The van der Waals surface area contributed by atoms with E-state index < -0.39 is 5.82 Å². The number of amidine groups is 1. The molecule has 1 aliphatic rings. The number of hydrogen-bond acceptors (Lipinski definition) is 5. The summed E-state index contributed by atoms with van der Waals surface area (Å²) in [6.07, 6.45) is 5.57. The molecule has 0 saturated carbocycles. The van der Waals surface area contributed by atoms with Crippen LogP contribution >= 0.6 is 11.8 Å². The molecule has 0 spiro atoms. The van der Waals surface area contributed by atoms with Gasteiger partial charge in [0.1, 0.15) is 6.61 Å². The van der Waals surface area contributed by atoms with Crippen LogP contribution in [0.1, 0.15) is 12.8 Å². The molecule has 1 heterocycles. The molecule has 0 aromatic heterocycles. The second-order valence-electron chi connectivity index (χ2n) is 4.42. The molecule has 2 rings (SSSR count). The van der Waals surface area contributed by atoms with Crippen LogP contribution in [0.15, 0.2) is 23.2 Å². The van der Waals surface area contributed by atoms with Gasteiger partial charge in [0.05, 0.1) is 11.8 Å². The molecule has 1 fully saturated rings. The van der Waals surface area contributed by atoms with Gasteiger partial charge in [-0.25, -0.2) is 9.38 Å². The van der Waals surface area contributed by atoms with Crippen LogP contribution in [0.5, 0.6) is 5.75 Å². The first-order chi connectivity index (χ1) is 10.2. The highest BCUT2D eigenvalue weighted by atomic mass is 32.2. The second kappa shape index (κ2) is 7.86. The van der Waals surface area contributed by atoms with Gasteiger partial charge in [0, 0.05) is 12.7 Å². The van der Waals surface area contributed by atoms with E-state index in [0.29, 0.717) is 17.5 Å². The molecule has 0 aliphatic carbocycles. The van der Waals surface area contributed by atoms with E-state index in [9.17, 15) is 4.39 Å². The zero-order valence-electron chi connectivity index (χ0n) is 11.6. The average molecular weight is 309 g/mol. The quantitative estimate of drug-likeness (QED) is 0.401. The minimum absolute atomic E-state index is 0.0463. The Morgan fingerprint density at radius 2 is 2.52 bits per heavy atom. The van der Waals surface area contributed by atoms with E-state index in [-0.39, 0.29) is 11.9 Å². The summed E-state index contributed by atoms with van der Waals surface area (Å²) in [7, 11) is 0. The number of thioether (sulfide) groups is 1. The summed E-state index contributed by atoms with van der Waals surface area (Å²) in [4.78, 5) is 4.13. The average Bonchev–Trinajstić information content (AvgIpc) is 2.99. The van der Waals surface area contributed by atoms with Crippen LogP contribution in [0.2, 0.25) is 0 Å². The normalized spacial score (nSPS) is 18.3. The van der Waals surface area contributed by atoms with E-state index in [0.717, 1.165) is 19.4 Å². The number of hydrogen-bond donors (Lipinski definition) is 1. The maximum absolute atomic E-state index is 13.9. The highest BCUT2D eigenvalue weighted by Crippen LogP contribution is 2.24. The standard InChI is InChI=1S/C14H16FN3O2S/c1-21-14(17-9-16)18-10-4-5-13(12(15)7-10)20-8-11-3-2-6-19-11/h4-5,7,11H,2-3,6,8H2,1H3,(H,17,18). The van der Waals surface area contributed by atoms with Crippen molar-refractivity contribution in [3.63, 3.8) is 0 Å². The van der Waals surface area contributed by atoms with Gasteiger partial charge >= 0.3 is 0 Å². The Morgan fingerprint density at radius 1 is 1.67 bits per heavy atom. The SMILES string of the molecule is CSC(=Nc1ccc(OCC2CCCO2)c(F)c1)NC#N. The Bertz CT molecular complexity index is 554. The van der Waals surface area contributed by atoms with Crippen LogP contribution in [-0.2, 0) is 4.74 Å². The molecule has 7 heteroatoms. The molecule has 0 bridgehead atoms. The lowest BCUT2D eigenvalue weighted by molar-refractivity contribution is 0.0666. The molecule has 1 aromatic carbocycles. The van der Waals surface area contributed by atoms with E-state index in [1.165, 1.54) is 23.9 Å². The number of rotatable bonds is 4. The molecule has 1 atom stereocenters. The van der Waals surface area contributed by atoms with Gasteiger partial charge in [-0.05, 0) is 31.2 Å². The predicted octanol–water partition coefficient (Wildman–Crippen LogP) is 2.80. The molecular formula is C14H16FN3O2S. The Hall–Kier alpha value is -1.78. The summed E-state index contributed by atoms with van der Waals surface area (Å²) < 4.78 is 24.8. The van der Waals surface area contributed by atoms with Gasteiger partial charge in [-0.2, -0.15) is 5.26 Å². The van der Waals surface area contributed by atoms with E-state index in [1.807, 2.05) is 0 Å². The molecule has 1 N–H and O–H groups in total. The Kier molecular flexibility index (Phi) is 5.84. The Balaban J connectivity index is 2.01. The van der Waals surface area contributed by atoms with Crippen LogP contribution in [0, 0.1) is 17.3 Å². The van der Waals surface area contributed by atoms with Crippen molar-refractivity contribution in [2.24, 2.45) is 4.99 Å². The van der Waals surface area contributed by atoms with E-state index >= 15 is 0 Å². The maximum Gasteiger partial charge on any atom is 0.183 e. The number of nitriles is 1. The van der Waals surface area contributed by atoms with Crippen molar-refractivity contribution in [2.75, 3.05) is 19.5 Å². The summed E-state index contributed by atoms with van der Waals surface area (Å²) >= 11 is 1.27. The zero-order chi connectivity index (χ0) is 15.1. The van der Waals surface area contributed by atoms with Gasteiger partial charge in [-0.1, -0.05) is 11.8 Å². The third kappa shape index (κ3) is 4.62. The second-order valence-corrected chi connectivity index (χ2v) is 5.21. The van der Waals surface area contributed by atoms with Crippen molar-refractivity contribution in [3.05, 3.63) is 24.0 Å². The minimum atomic E-state index is -0.480. The predicted molar refractivity (Wildman–Crippen MR) is 80.2 cm³/mol. The maximum atomic E-state index is 13.9. The van der Waals surface area contributed by atoms with Gasteiger partial charge in [0.2, 0.25) is 0 Å². The number of nitrogens with zero attached hydrogens (tertiary/aromatic N) is 2. The first-order valence-corrected chi connectivity index (χ1v) is 7.77. The molecule has 112 valence electrons. The lowest BCUT2D eigenvalue weighted by atomic mass is 10.2. The summed E-state index contributed by atoms with van der Waals surface area (Å²) in [6, 6.07) is 4.46. The molecule has 5 nitrogen and oxygen atoms in total. The third-order valence-corrected chi connectivity index (χ3v) is 3.53. The van der Waals surface area contributed by atoms with Gasteiger partial charge in [0.25, 0.3) is 0 Å². The first kappa shape index (κ1) is 15.6. The Morgan fingerprint density at radius 3 is 3.14 bits per heavy atom. The number of halogens is 1. The molecule has 1 unspecified atom stereocenters. The van der Waals surface area contributed by atoms with Gasteiger partial charge in [-0.15, -0.1) is 0 Å². The molecule has 21 heavy (non-hydrogen) atoms. The summed E-state index contributed by atoms with van der Waals surface area (Å²) in [6.45, 7) is 1.10. The van der Waals surface area contributed by atoms with Crippen molar-refractivity contribution in [1.29, 1.82) is 5.26 Å². The van der Waals surface area contributed by atoms with E-state index in [1.54, 1.807) is 18.5 Å². The number of ether oxygens (including phenoxy) is 2. The molecule has 1 aliphatic heterocycles. The highest BCUT2D eigenvalue weighted by molar-refractivity contribution is 8.13. The lowest BCUT2D eigenvalue weighted by Crippen LogP contribution is -2.16. The fourth-order valence-corrected chi connectivity index (χ4v) is 2.27. The monoisotopic (exact) mass is 309 g/mol. The lowest BCUT2D eigenvalue weighted by Gasteiger charge is -2.12. The van der Waals surface area contributed by atoms with Crippen LogP contribution in [0.25, 0.3) is 0 Å². The first-order valence-electron chi connectivity index (χ1n) is 6.54. The Labute approximate surface area is 127 Å². The largest absolute Gasteiger partial charge is 0.488 e. The van der Waals surface area contributed by atoms with E-state index in [2.05, 4.69) is 10.3 Å². The van der Waals surface area contributed by atoms with Crippen LogP contribution < -0.4 is 10.1 Å². The fraction of sp³-hybridized carbons (Fsp3) is 0.429. The van der Waals surface area contributed by atoms with Crippen molar-refractivity contribution in [2.45, 2.75) is 18.9 Å². The van der Waals surface area contributed by atoms with Crippen LogP contribution in [-0.4, -0.2) is 30.7 Å². The molecular weight excluding hydrogens is 293 g/mol. The minimum Gasteiger partial charge on any atom is -0.488 e. The number of benzene rings is 1. The van der Waals surface area contributed by atoms with Crippen molar-refractivity contribution in [3.8, 4) is 11.9 Å². The smallest absolute Gasteiger partial charge is 0.183 e. The summed E-state index contributed by atoms with van der Waals surface area (Å²) in [5, 5.41) is 11.4. The fourth-order valence-electron chi connectivity index (χ4n) is 1.92. The van der Waals surface area contributed by atoms with Crippen LogP contribution in [0.3, 0.4) is 0 Å². The van der Waals surface area contributed by atoms with Crippen molar-refractivity contribution >= 4 is 22.6 Å². The van der Waals surface area contributed by atoms with Crippen molar-refractivity contribution in [1.82, 2.24) is 5.32 Å². The number of aliphatic imine (C=N–C) groups is 1. The van der Waals surface area contributed by atoms with Crippen molar-refractivity contribution < 1.29 is 13.9 Å². The van der Waals surface area contributed by atoms with Crippen LogP contribution in [0.4, 0.5) is 10.1 Å². The molecule has 1 saturated heterocycles. The zero-order valence-corrected chi connectivity index (χ0v) is 12.5.